The van der Waals surface area contributed by atoms with Gasteiger partial charge in [0.25, 0.3) is 15.6 Å². The lowest BCUT2D eigenvalue weighted by Crippen LogP contribution is -2.40. The summed E-state index contributed by atoms with van der Waals surface area (Å²) in [6.45, 7) is 0. The van der Waals surface area contributed by atoms with Crippen LogP contribution in [0, 0.1) is 0 Å². The van der Waals surface area contributed by atoms with Gasteiger partial charge in [-0.05, 0) is 28.1 Å². The highest BCUT2D eigenvalue weighted by molar-refractivity contribution is 9.10. The van der Waals surface area contributed by atoms with Gasteiger partial charge >= 0.3 is 5.69 Å². The van der Waals surface area contributed by atoms with E-state index in [4.69, 9.17) is 0 Å². The van der Waals surface area contributed by atoms with E-state index in [9.17, 15) is 18.0 Å². The number of aromatic nitrogens is 3. The summed E-state index contributed by atoms with van der Waals surface area (Å²) in [6.07, 6.45) is 0.977. The molecule has 1 N–H and O–H groups in total. The molecule has 10 heteroatoms. The van der Waals surface area contributed by atoms with Gasteiger partial charge in [0.1, 0.15) is 10.4 Å². The second-order valence-corrected chi connectivity index (χ2v) is 6.67. The Morgan fingerprint density at radius 2 is 1.90 bits per heavy atom. The molecule has 0 saturated heterocycles. The smallest absolute Gasteiger partial charge is 0.302 e. The standard InChI is InChI=1S/C11H11BrN4O4S/c1-15-6-7(10(17)16(2)11(15)18)21(19,20)14-9-5-3-4-8(12)13-9/h3-6H,1-2H3,(H,13,14). The van der Waals surface area contributed by atoms with Crippen LogP contribution in [0.5, 0.6) is 0 Å². The monoisotopic (exact) mass is 374 g/mol. The Morgan fingerprint density at radius 3 is 2.52 bits per heavy atom. The Balaban J connectivity index is 2.56. The fraction of sp³-hybridized carbons (Fsp3) is 0.182. The zero-order chi connectivity index (χ0) is 15.8. The van der Waals surface area contributed by atoms with Crippen LogP contribution in [0.4, 0.5) is 5.82 Å². The first-order valence-corrected chi connectivity index (χ1v) is 7.92. The van der Waals surface area contributed by atoms with Gasteiger partial charge in [-0.3, -0.25) is 14.1 Å². The number of nitrogens with zero attached hydrogens (tertiary/aromatic N) is 3. The van der Waals surface area contributed by atoms with Gasteiger partial charge in [0.05, 0.1) is 0 Å². The molecule has 0 aromatic carbocycles. The van der Waals surface area contributed by atoms with Crippen LogP contribution in [0.1, 0.15) is 0 Å². The molecule has 0 unspecified atom stereocenters. The van der Waals surface area contributed by atoms with Crippen molar-refractivity contribution in [2.24, 2.45) is 14.1 Å². The van der Waals surface area contributed by atoms with E-state index in [2.05, 4.69) is 25.6 Å². The largest absolute Gasteiger partial charge is 0.330 e. The number of anilines is 1. The van der Waals surface area contributed by atoms with Crippen molar-refractivity contribution in [1.29, 1.82) is 0 Å². The second-order valence-electron chi connectivity index (χ2n) is 4.20. The molecule has 0 spiro atoms. The van der Waals surface area contributed by atoms with Gasteiger partial charge in [0, 0.05) is 20.3 Å². The van der Waals surface area contributed by atoms with Crippen LogP contribution in [0.2, 0.25) is 0 Å². The van der Waals surface area contributed by atoms with Crippen LogP contribution < -0.4 is 16.0 Å². The molecule has 0 atom stereocenters. The van der Waals surface area contributed by atoms with Crippen molar-refractivity contribution in [2.75, 3.05) is 4.72 Å². The molecule has 2 heterocycles. The number of rotatable bonds is 3. The van der Waals surface area contributed by atoms with Crippen molar-refractivity contribution in [3.63, 3.8) is 0 Å². The van der Waals surface area contributed by atoms with Gasteiger partial charge in [0.15, 0.2) is 4.90 Å². The molecule has 0 saturated carbocycles. The van der Waals surface area contributed by atoms with E-state index >= 15 is 0 Å². The topological polar surface area (TPSA) is 103 Å². The van der Waals surface area contributed by atoms with Gasteiger partial charge in [0.2, 0.25) is 0 Å². The third kappa shape index (κ3) is 3.05. The summed E-state index contributed by atoms with van der Waals surface area (Å²) in [5.41, 5.74) is -1.51. The normalized spacial score (nSPS) is 11.4. The number of nitrogens with one attached hydrogen (secondary N) is 1. The highest BCUT2D eigenvalue weighted by atomic mass is 79.9. The fourth-order valence-electron chi connectivity index (χ4n) is 1.62. The van der Waals surface area contributed by atoms with Crippen molar-refractivity contribution in [2.45, 2.75) is 4.90 Å². The van der Waals surface area contributed by atoms with Crippen LogP contribution in [-0.2, 0) is 24.1 Å². The summed E-state index contributed by atoms with van der Waals surface area (Å²) in [5, 5.41) is 0. The molecule has 0 bridgehead atoms. The van der Waals surface area contributed by atoms with E-state index in [1.54, 1.807) is 12.1 Å². The summed E-state index contributed by atoms with van der Waals surface area (Å²) >= 11 is 3.12. The number of halogens is 1. The zero-order valence-corrected chi connectivity index (χ0v) is 13.5. The van der Waals surface area contributed by atoms with Crippen molar-refractivity contribution in [3.8, 4) is 0 Å². The molecule has 8 nitrogen and oxygen atoms in total. The second kappa shape index (κ2) is 5.45. The molecule has 2 aromatic heterocycles. The maximum absolute atomic E-state index is 12.3. The van der Waals surface area contributed by atoms with Gasteiger partial charge in [-0.1, -0.05) is 6.07 Å². The molecular weight excluding hydrogens is 364 g/mol. The van der Waals surface area contributed by atoms with Crippen LogP contribution in [0.25, 0.3) is 0 Å². The molecule has 0 radical (unpaired) electrons. The van der Waals surface area contributed by atoms with Crippen molar-refractivity contribution >= 4 is 31.8 Å². The molecule has 2 rings (SSSR count). The summed E-state index contributed by atoms with van der Waals surface area (Å²) in [6, 6.07) is 4.66. The van der Waals surface area contributed by atoms with E-state index in [0.29, 0.717) is 4.60 Å². The molecule has 112 valence electrons. The Bertz CT molecular complexity index is 917. The average molecular weight is 375 g/mol. The lowest BCUT2D eigenvalue weighted by Gasteiger charge is -2.09. The third-order valence-electron chi connectivity index (χ3n) is 2.66. The van der Waals surface area contributed by atoms with Crippen molar-refractivity contribution in [3.05, 3.63) is 49.8 Å². The predicted octanol–water partition coefficient (Wildman–Crippen LogP) is 0.0423. The SMILES string of the molecule is Cn1cc(S(=O)(=O)Nc2cccc(Br)n2)c(=O)n(C)c1=O. The van der Waals surface area contributed by atoms with Crippen LogP contribution >= 0.6 is 15.9 Å². The maximum Gasteiger partial charge on any atom is 0.330 e. The van der Waals surface area contributed by atoms with E-state index in [0.717, 1.165) is 15.3 Å². The van der Waals surface area contributed by atoms with Crippen molar-refractivity contribution < 1.29 is 8.42 Å². The van der Waals surface area contributed by atoms with Gasteiger partial charge in [-0.15, -0.1) is 0 Å². The molecule has 21 heavy (non-hydrogen) atoms. The van der Waals surface area contributed by atoms with Crippen LogP contribution in [0.3, 0.4) is 0 Å². The molecule has 0 aliphatic carbocycles. The fourth-order valence-corrected chi connectivity index (χ4v) is 3.12. The minimum atomic E-state index is -4.15. The molecule has 2 aromatic rings. The molecule has 0 amide bonds. The summed E-state index contributed by atoms with van der Waals surface area (Å²) in [5.74, 6) is 0.0558. The summed E-state index contributed by atoms with van der Waals surface area (Å²) in [7, 11) is -1.58. The Labute approximate surface area is 128 Å². The number of aryl methyl sites for hydroxylation is 1. The summed E-state index contributed by atoms with van der Waals surface area (Å²) < 4.78 is 28.9. The van der Waals surface area contributed by atoms with E-state index in [1.807, 2.05) is 0 Å². The van der Waals surface area contributed by atoms with Crippen LogP contribution in [-0.4, -0.2) is 22.5 Å². The lowest BCUT2D eigenvalue weighted by atomic mass is 10.5. The molecule has 0 aliphatic rings. The Hall–Kier alpha value is -1.94. The van der Waals surface area contributed by atoms with Gasteiger partial charge in [-0.25, -0.2) is 18.2 Å². The van der Waals surface area contributed by atoms with E-state index in [1.165, 1.54) is 20.2 Å². The average Bonchev–Trinajstić information content (AvgIpc) is 2.40. The first kappa shape index (κ1) is 15.4. The first-order chi connectivity index (χ1) is 9.72. The van der Waals surface area contributed by atoms with Gasteiger partial charge < -0.3 is 4.57 Å². The predicted molar refractivity (Wildman–Crippen MR) is 79.7 cm³/mol. The lowest BCUT2D eigenvalue weighted by molar-refractivity contribution is 0.589. The molecule has 0 fully saturated rings. The quantitative estimate of drug-likeness (QED) is 0.764. The minimum absolute atomic E-state index is 0.0558. The number of hydrogen-bond donors (Lipinski definition) is 1. The molecular formula is C11H11BrN4O4S. The van der Waals surface area contributed by atoms with Crippen LogP contribution in [0.15, 0.2) is 43.5 Å². The maximum atomic E-state index is 12.3. The van der Waals surface area contributed by atoms with E-state index < -0.39 is 26.2 Å². The highest BCUT2D eigenvalue weighted by Crippen LogP contribution is 2.13. The number of pyridine rings is 1. The van der Waals surface area contributed by atoms with E-state index in [-0.39, 0.29) is 5.82 Å². The molecule has 0 aliphatic heterocycles. The minimum Gasteiger partial charge on any atom is -0.302 e. The third-order valence-corrected chi connectivity index (χ3v) is 4.44. The highest BCUT2D eigenvalue weighted by Gasteiger charge is 2.22. The number of hydrogen-bond acceptors (Lipinski definition) is 5. The first-order valence-electron chi connectivity index (χ1n) is 5.64. The summed E-state index contributed by atoms with van der Waals surface area (Å²) in [4.78, 5) is 26.9. The van der Waals surface area contributed by atoms with Crippen molar-refractivity contribution in [1.82, 2.24) is 14.1 Å². The zero-order valence-electron chi connectivity index (χ0n) is 11.1. The Morgan fingerprint density at radius 1 is 1.24 bits per heavy atom. The number of sulfonamides is 1. The van der Waals surface area contributed by atoms with Gasteiger partial charge in [-0.2, -0.15) is 0 Å². The Kier molecular flexibility index (Phi) is 4.01.